The lowest BCUT2D eigenvalue weighted by atomic mass is 10.0. The molecule has 3 aromatic rings. The monoisotopic (exact) mass is 459 g/mol. The Balaban J connectivity index is 1.27. The molecule has 2 aromatic carbocycles. The van der Waals surface area contributed by atoms with E-state index in [0.29, 0.717) is 18.0 Å². The molecule has 2 N–H and O–H groups in total. The largest absolute Gasteiger partial charge is 0.497 e. The maximum Gasteiger partial charge on any atom is 0.244 e. The highest BCUT2D eigenvalue weighted by Crippen LogP contribution is 2.67. The van der Waals surface area contributed by atoms with Gasteiger partial charge in [0.25, 0.3) is 0 Å². The molecule has 2 amide bonds. The summed E-state index contributed by atoms with van der Waals surface area (Å²) in [5.41, 5.74) is 4.43. The fourth-order valence-corrected chi connectivity index (χ4v) is 5.54. The molecule has 0 bridgehead atoms. The summed E-state index contributed by atoms with van der Waals surface area (Å²) >= 11 is 0. The molecule has 2 atom stereocenters. The second-order valence-electron chi connectivity index (χ2n) is 10.3. The van der Waals surface area contributed by atoms with Crippen LogP contribution in [-0.2, 0) is 9.59 Å². The summed E-state index contributed by atoms with van der Waals surface area (Å²) in [4.78, 5) is 31.5. The Bertz CT molecular complexity index is 1220. The van der Waals surface area contributed by atoms with Crippen molar-refractivity contribution >= 4 is 28.4 Å². The number of H-pyrrole nitrogens is 1. The second kappa shape index (κ2) is 8.49. The van der Waals surface area contributed by atoms with E-state index in [1.54, 1.807) is 36.3 Å². The number of hydrogen-bond donors (Lipinski definition) is 2. The number of benzene rings is 2. The summed E-state index contributed by atoms with van der Waals surface area (Å²) in [6.07, 6.45) is 2.42. The number of nitrogens with zero attached hydrogens (tertiary/aromatic N) is 1. The van der Waals surface area contributed by atoms with E-state index in [2.05, 4.69) is 49.3 Å². The number of aromatic amines is 1. The summed E-state index contributed by atoms with van der Waals surface area (Å²) in [6, 6.07) is 15.8. The van der Waals surface area contributed by atoms with Crippen molar-refractivity contribution in [1.82, 2.24) is 9.88 Å². The number of aryl methyl sites for hydroxylation is 1. The van der Waals surface area contributed by atoms with Gasteiger partial charge in [0.2, 0.25) is 11.8 Å². The molecule has 5 rings (SSSR count). The number of ether oxygens (including phenoxy) is 1. The summed E-state index contributed by atoms with van der Waals surface area (Å²) in [5, 5.41) is 4.17. The van der Waals surface area contributed by atoms with Gasteiger partial charge in [-0.05, 0) is 72.9 Å². The zero-order valence-corrected chi connectivity index (χ0v) is 20.4. The van der Waals surface area contributed by atoms with Crippen LogP contribution in [0.5, 0.6) is 5.75 Å². The van der Waals surface area contributed by atoms with Crippen LogP contribution in [0, 0.1) is 18.3 Å². The number of rotatable bonds is 8. The van der Waals surface area contributed by atoms with Gasteiger partial charge in [-0.2, -0.15) is 0 Å². The fraction of sp³-hybridized carbons (Fsp3) is 0.429. The summed E-state index contributed by atoms with van der Waals surface area (Å²) in [7, 11) is 1.61. The van der Waals surface area contributed by atoms with E-state index in [1.807, 2.05) is 6.07 Å². The first-order valence-corrected chi connectivity index (χ1v) is 12.1. The lowest BCUT2D eigenvalue weighted by Gasteiger charge is -2.22. The van der Waals surface area contributed by atoms with E-state index in [-0.39, 0.29) is 35.7 Å². The number of fused-ring (bicyclic) bond motifs is 1. The van der Waals surface area contributed by atoms with Gasteiger partial charge in [0, 0.05) is 34.7 Å². The van der Waals surface area contributed by atoms with E-state index < -0.39 is 0 Å². The van der Waals surface area contributed by atoms with Gasteiger partial charge in [-0.15, -0.1) is 0 Å². The number of amides is 2. The molecule has 0 radical (unpaired) electrons. The van der Waals surface area contributed by atoms with Gasteiger partial charge in [0.15, 0.2) is 0 Å². The molecular weight excluding hydrogens is 426 g/mol. The quantitative estimate of drug-likeness (QED) is 0.483. The SMILES string of the molecule is COc1ccc(NC(=O)CN(C(=O)C[C@@H]2[C@@H](c3c(C)[nH]c4ccccc34)C2(C)C)C2CC2)cc1. The maximum atomic E-state index is 13.4. The first-order valence-electron chi connectivity index (χ1n) is 12.1. The van der Waals surface area contributed by atoms with Crippen LogP contribution in [0.3, 0.4) is 0 Å². The number of carbonyl (C=O) groups is 2. The van der Waals surface area contributed by atoms with Gasteiger partial charge < -0.3 is 19.9 Å². The molecule has 1 heterocycles. The maximum absolute atomic E-state index is 13.4. The Morgan fingerprint density at radius 3 is 2.50 bits per heavy atom. The summed E-state index contributed by atoms with van der Waals surface area (Å²) in [6.45, 7) is 6.74. The van der Waals surface area contributed by atoms with Crippen molar-refractivity contribution in [2.75, 3.05) is 19.0 Å². The van der Waals surface area contributed by atoms with Crippen LogP contribution in [0.1, 0.15) is 50.3 Å². The van der Waals surface area contributed by atoms with Gasteiger partial charge in [0.05, 0.1) is 7.11 Å². The molecule has 1 aromatic heterocycles. The minimum Gasteiger partial charge on any atom is -0.497 e. The van der Waals surface area contributed by atoms with Crippen molar-refractivity contribution in [1.29, 1.82) is 0 Å². The molecule has 2 aliphatic rings. The van der Waals surface area contributed by atoms with Crippen LogP contribution in [0.4, 0.5) is 5.69 Å². The van der Waals surface area contributed by atoms with Crippen molar-refractivity contribution in [2.24, 2.45) is 11.3 Å². The van der Waals surface area contributed by atoms with Gasteiger partial charge in [-0.1, -0.05) is 32.0 Å². The zero-order valence-electron chi connectivity index (χ0n) is 20.4. The van der Waals surface area contributed by atoms with E-state index in [0.717, 1.165) is 24.1 Å². The predicted molar refractivity (Wildman–Crippen MR) is 134 cm³/mol. The average molecular weight is 460 g/mol. The molecule has 0 aliphatic heterocycles. The second-order valence-corrected chi connectivity index (χ2v) is 10.3. The molecule has 2 fully saturated rings. The zero-order chi connectivity index (χ0) is 24.0. The van der Waals surface area contributed by atoms with E-state index in [4.69, 9.17) is 4.74 Å². The third-order valence-electron chi connectivity index (χ3n) is 7.70. The topological polar surface area (TPSA) is 74.4 Å². The normalized spacial score (nSPS) is 20.7. The highest BCUT2D eigenvalue weighted by Gasteiger charge is 2.60. The van der Waals surface area contributed by atoms with E-state index in [1.165, 1.54) is 16.6 Å². The number of para-hydroxylation sites is 1. The number of methoxy groups -OCH3 is 1. The average Bonchev–Trinajstić information content (AvgIpc) is 3.70. The molecule has 0 unspecified atom stereocenters. The molecular formula is C28H33N3O3. The van der Waals surface area contributed by atoms with Gasteiger partial charge in [-0.3, -0.25) is 9.59 Å². The van der Waals surface area contributed by atoms with Crippen LogP contribution >= 0.6 is 0 Å². The summed E-state index contributed by atoms with van der Waals surface area (Å²) in [5.74, 6) is 1.26. The molecule has 0 saturated heterocycles. The lowest BCUT2D eigenvalue weighted by molar-refractivity contribution is -0.135. The fourth-order valence-electron chi connectivity index (χ4n) is 5.54. The Morgan fingerprint density at radius 1 is 1.12 bits per heavy atom. The van der Waals surface area contributed by atoms with Crippen LogP contribution in [-0.4, -0.2) is 41.4 Å². The van der Waals surface area contributed by atoms with Crippen LogP contribution < -0.4 is 10.1 Å². The van der Waals surface area contributed by atoms with Gasteiger partial charge in [0.1, 0.15) is 12.3 Å². The predicted octanol–water partition coefficient (Wildman–Crippen LogP) is 5.24. The first kappa shape index (κ1) is 22.5. The molecule has 6 nitrogen and oxygen atoms in total. The molecule has 2 saturated carbocycles. The highest BCUT2D eigenvalue weighted by atomic mass is 16.5. The third kappa shape index (κ3) is 4.17. The molecule has 6 heteroatoms. The number of carbonyl (C=O) groups excluding carboxylic acids is 2. The van der Waals surface area contributed by atoms with Crippen LogP contribution in [0.2, 0.25) is 0 Å². The van der Waals surface area contributed by atoms with Crippen molar-refractivity contribution in [2.45, 2.75) is 52.0 Å². The third-order valence-corrected chi connectivity index (χ3v) is 7.70. The standard InChI is InChI=1S/C28H33N3O3/c1-17-26(21-7-5-6-8-23(21)29-17)27-22(28(27,2)3)15-25(33)31(19-11-12-19)16-24(32)30-18-9-13-20(34-4)14-10-18/h5-10,13-14,19,22,27,29H,11-12,15-16H2,1-4H3,(H,30,32)/t22-,27+/m1/s1. The first-order chi connectivity index (χ1) is 16.3. The minimum atomic E-state index is -0.163. The molecule has 178 valence electrons. The number of aromatic nitrogens is 1. The smallest absolute Gasteiger partial charge is 0.244 e. The van der Waals surface area contributed by atoms with Crippen molar-refractivity contribution in [3.8, 4) is 5.75 Å². The Hall–Kier alpha value is -3.28. The van der Waals surface area contributed by atoms with Crippen molar-refractivity contribution in [3.63, 3.8) is 0 Å². The lowest BCUT2D eigenvalue weighted by Crippen LogP contribution is -2.39. The van der Waals surface area contributed by atoms with Crippen molar-refractivity contribution < 1.29 is 14.3 Å². The van der Waals surface area contributed by atoms with Gasteiger partial charge >= 0.3 is 0 Å². The Morgan fingerprint density at radius 2 is 1.82 bits per heavy atom. The number of nitrogens with one attached hydrogen (secondary N) is 2. The van der Waals surface area contributed by atoms with Crippen LogP contribution in [0.25, 0.3) is 10.9 Å². The summed E-state index contributed by atoms with van der Waals surface area (Å²) < 4.78 is 5.17. The van der Waals surface area contributed by atoms with E-state index >= 15 is 0 Å². The minimum absolute atomic E-state index is 0.0476. The Kier molecular flexibility index (Phi) is 5.62. The van der Waals surface area contributed by atoms with Gasteiger partial charge in [-0.25, -0.2) is 0 Å². The van der Waals surface area contributed by atoms with Crippen LogP contribution in [0.15, 0.2) is 48.5 Å². The number of hydrogen-bond acceptors (Lipinski definition) is 3. The molecule has 2 aliphatic carbocycles. The van der Waals surface area contributed by atoms with Crippen molar-refractivity contribution in [3.05, 3.63) is 59.8 Å². The highest BCUT2D eigenvalue weighted by molar-refractivity contribution is 5.95. The van der Waals surface area contributed by atoms with E-state index in [9.17, 15) is 9.59 Å². The Labute approximate surface area is 200 Å². The molecule has 0 spiro atoms. The molecule has 34 heavy (non-hydrogen) atoms. The number of anilines is 1.